The molecule has 2 nitrogen and oxygen atoms in total. The second-order valence-corrected chi connectivity index (χ2v) is 4.75. The van der Waals surface area contributed by atoms with Gasteiger partial charge in [0.25, 0.3) is 0 Å². The monoisotopic (exact) mass is 228 g/mol. The Bertz CT molecular complexity index is 160. The Labute approximate surface area is 100 Å². The van der Waals surface area contributed by atoms with E-state index >= 15 is 0 Å². The van der Waals surface area contributed by atoms with Gasteiger partial charge in [-0.25, -0.2) is 0 Å². The number of carboxylic acids is 1. The molecule has 0 aliphatic heterocycles. The van der Waals surface area contributed by atoms with Crippen molar-refractivity contribution in [3.8, 4) is 0 Å². The summed E-state index contributed by atoms with van der Waals surface area (Å²) in [6, 6.07) is 0. The molecule has 96 valence electrons. The zero-order valence-corrected chi connectivity index (χ0v) is 11.0. The minimum absolute atomic E-state index is 0.222. The highest BCUT2D eigenvalue weighted by molar-refractivity contribution is 5.66. The lowest BCUT2D eigenvalue weighted by Crippen LogP contribution is -2.05. The fourth-order valence-electron chi connectivity index (χ4n) is 2.16. The van der Waals surface area contributed by atoms with Crippen molar-refractivity contribution in [1.82, 2.24) is 0 Å². The van der Waals surface area contributed by atoms with Gasteiger partial charge in [0.15, 0.2) is 0 Å². The van der Waals surface area contributed by atoms with Crippen molar-refractivity contribution in [2.24, 2.45) is 5.92 Å². The molecule has 0 radical (unpaired) electrons. The first-order valence-corrected chi connectivity index (χ1v) is 6.92. The fraction of sp³-hybridized carbons (Fsp3) is 0.929. The molecule has 0 heterocycles. The van der Waals surface area contributed by atoms with Crippen molar-refractivity contribution < 1.29 is 9.90 Å². The summed E-state index contributed by atoms with van der Waals surface area (Å²) >= 11 is 0. The first-order chi connectivity index (χ1) is 7.70. The summed E-state index contributed by atoms with van der Waals surface area (Å²) in [5.41, 5.74) is 0. The van der Waals surface area contributed by atoms with E-state index in [9.17, 15) is 4.79 Å². The van der Waals surface area contributed by atoms with Crippen LogP contribution in [-0.4, -0.2) is 11.1 Å². The molecule has 2 heteroatoms. The molecule has 0 aromatic rings. The average Bonchev–Trinajstić information content (AvgIpc) is 2.31. The van der Waals surface area contributed by atoms with Gasteiger partial charge in [0.1, 0.15) is 0 Å². The van der Waals surface area contributed by atoms with Gasteiger partial charge in [-0.3, -0.25) is 4.79 Å². The van der Waals surface area contributed by atoms with Crippen LogP contribution in [0.25, 0.3) is 0 Å². The molecule has 1 aliphatic carbocycles. The lowest BCUT2D eigenvalue weighted by molar-refractivity contribution is -0.136. The third kappa shape index (κ3) is 10.0. The molecule has 0 amide bonds. The Morgan fingerprint density at radius 3 is 2.12 bits per heavy atom. The van der Waals surface area contributed by atoms with E-state index in [4.69, 9.17) is 5.11 Å². The highest BCUT2D eigenvalue weighted by atomic mass is 16.4. The molecule has 0 spiro atoms. The second kappa shape index (κ2) is 11.0. The van der Waals surface area contributed by atoms with Crippen LogP contribution in [0.2, 0.25) is 0 Å². The van der Waals surface area contributed by atoms with E-state index in [1.54, 1.807) is 6.92 Å². The Balaban J connectivity index is 0.000000385. The van der Waals surface area contributed by atoms with Crippen molar-refractivity contribution in [2.45, 2.75) is 78.1 Å². The second-order valence-electron chi connectivity index (χ2n) is 4.75. The van der Waals surface area contributed by atoms with Gasteiger partial charge in [-0.1, -0.05) is 71.6 Å². The minimum Gasteiger partial charge on any atom is -0.481 e. The van der Waals surface area contributed by atoms with Gasteiger partial charge in [0, 0.05) is 6.42 Å². The van der Waals surface area contributed by atoms with E-state index in [0.29, 0.717) is 0 Å². The Kier molecular flexibility index (Phi) is 10.6. The lowest BCUT2D eigenvalue weighted by atomic mass is 9.86. The van der Waals surface area contributed by atoms with Gasteiger partial charge in [-0.05, 0) is 5.92 Å². The van der Waals surface area contributed by atoms with E-state index in [1.165, 1.54) is 57.8 Å². The number of carboxylic acid groups (broad SMARTS) is 1. The zero-order chi connectivity index (χ0) is 12.2. The zero-order valence-electron chi connectivity index (χ0n) is 11.0. The molecule has 0 saturated heterocycles. The van der Waals surface area contributed by atoms with Crippen LogP contribution in [0.1, 0.15) is 78.1 Å². The molecule has 16 heavy (non-hydrogen) atoms. The van der Waals surface area contributed by atoms with Gasteiger partial charge in [-0.2, -0.15) is 0 Å². The van der Waals surface area contributed by atoms with Crippen LogP contribution >= 0.6 is 0 Å². The summed E-state index contributed by atoms with van der Waals surface area (Å²) in [5, 5.41) is 7.72. The summed E-state index contributed by atoms with van der Waals surface area (Å²) < 4.78 is 0. The van der Waals surface area contributed by atoms with E-state index in [2.05, 4.69) is 6.92 Å². The number of unbranched alkanes of at least 4 members (excludes halogenated alkanes) is 2. The van der Waals surface area contributed by atoms with Crippen LogP contribution in [0.15, 0.2) is 0 Å². The summed E-state index contributed by atoms with van der Waals surface area (Å²) in [7, 11) is 0. The largest absolute Gasteiger partial charge is 0.481 e. The first-order valence-electron chi connectivity index (χ1n) is 6.92. The number of hydrogen-bond acceptors (Lipinski definition) is 1. The van der Waals surface area contributed by atoms with Crippen molar-refractivity contribution >= 4 is 5.97 Å². The molecular formula is C14H28O2. The molecule has 0 aromatic carbocycles. The van der Waals surface area contributed by atoms with E-state index in [-0.39, 0.29) is 6.42 Å². The van der Waals surface area contributed by atoms with Crippen molar-refractivity contribution in [1.29, 1.82) is 0 Å². The fourth-order valence-corrected chi connectivity index (χ4v) is 2.16. The maximum absolute atomic E-state index is 9.37. The molecule has 1 fully saturated rings. The normalized spacial score (nSPS) is 16.4. The average molecular weight is 228 g/mol. The van der Waals surface area contributed by atoms with E-state index in [0.717, 1.165) is 5.92 Å². The highest BCUT2D eigenvalue weighted by Crippen LogP contribution is 2.27. The SMILES string of the molecule is CCC(=O)O.CCCCCC1CCCCC1. The predicted octanol–water partition coefficient (Wildman–Crippen LogP) is 4.63. The van der Waals surface area contributed by atoms with Crippen LogP contribution in [-0.2, 0) is 4.79 Å². The highest BCUT2D eigenvalue weighted by Gasteiger charge is 2.11. The lowest BCUT2D eigenvalue weighted by Gasteiger charge is -2.20. The molecule has 1 aliphatic rings. The number of hydrogen-bond donors (Lipinski definition) is 1. The van der Waals surface area contributed by atoms with Gasteiger partial charge in [0.2, 0.25) is 0 Å². The summed E-state index contributed by atoms with van der Waals surface area (Å²) in [6.45, 7) is 3.89. The molecular weight excluding hydrogens is 200 g/mol. The number of aliphatic carboxylic acids is 1. The first kappa shape index (κ1) is 15.5. The summed E-state index contributed by atoms with van der Waals surface area (Å²) in [5.74, 6) is 0.361. The molecule has 1 N–H and O–H groups in total. The van der Waals surface area contributed by atoms with Crippen LogP contribution in [0.5, 0.6) is 0 Å². The molecule has 0 aromatic heterocycles. The molecule has 1 rings (SSSR count). The smallest absolute Gasteiger partial charge is 0.303 e. The van der Waals surface area contributed by atoms with Gasteiger partial charge < -0.3 is 5.11 Å². The molecule has 0 bridgehead atoms. The summed E-state index contributed by atoms with van der Waals surface area (Å²) in [4.78, 5) is 9.37. The maximum Gasteiger partial charge on any atom is 0.303 e. The van der Waals surface area contributed by atoms with Crippen LogP contribution in [0, 0.1) is 5.92 Å². The molecule has 1 saturated carbocycles. The number of rotatable bonds is 5. The Morgan fingerprint density at radius 2 is 1.69 bits per heavy atom. The van der Waals surface area contributed by atoms with Crippen molar-refractivity contribution in [3.63, 3.8) is 0 Å². The molecule has 0 unspecified atom stereocenters. The predicted molar refractivity (Wildman–Crippen MR) is 68.6 cm³/mol. The van der Waals surface area contributed by atoms with Crippen molar-refractivity contribution in [2.75, 3.05) is 0 Å². The van der Waals surface area contributed by atoms with Gasteiger partial charge >= 0.3 is 5.97 Å². The quantitative estimate of drug-likeness (QED) is 0.697. The summed E-state index contributed by atoms with van der Waals surface area (Å²) in [6.07, 6.45) is 13.7. The van der Waals surface area contributed by atoms with Crippen molar-refractivity contribution in [3.05, 3.63) is 0 Å². The maximum atomic E-state index is 9.37. The minimum atomic E-state index is -0.745. The third-order valence-corrected chi connectivity index (χ3v) is 3.24. The molecule has 0 atom stereocenters. The van der Waals surface area contributed by atoms with E-state index in [1.807, 2.05) is 0 Å². The topological polar surface area (TPSA) is 37.3 Å². The van der Waals surface area contributed by atoms with Crippen LogP contribution < -0.4 is 0 Å². The Morgan fingerprint density at radius 1 is 1.12 bits per heavy atom. The van der Waals surface area contributed by atoms with Gasteiger partial charge in [-0.15, -0.1) is 0 Å². The standard InChI is InChI=1S/C11H22.C3H6O2/c1-2-3-5-8-11-9-6-4-7-10-11;1-2-3(4)5/h11H,2-10H2,1H3;2H2,1H3,(H,4,5). The van der Waals surface area contributed by atoms with Crippen LogP contribution in [0.4, 0.5) is 0 Å². The van der Waals surface area contributed by atoms with E-state index < -0.39 is 5.97 Å². The number of carbonyl (C=O) groups is 1. The third-order valence-electron chi connectivity index (χ3n) is 3.24. The Hall–Kier alpha value is -0.530. The van der Waals surface area contributed by atoms with Crippen LogP contribution in [0.3, 0.4) is 0 Å². The van der Waals surface area contributed by atoms with Gasteiger partial charge in [0.05, 0.1) is 0 Å².